The molecule has 3 heteroatoms. The Hall–Kier alpha value is -1.45. The third-order valence-corrected chi connectivity index (χ3v) is 3.19. The highest BCUT2D eigenvalue weighted by molar-refractivity contribution is 5.85. The van der Waals surface area contributed by atoms with Crippen LogP contribution in [0.4, 0.5) is 0 Å². The van der Waals surface area contributed by atoms with E-state index >= 15 is 0 Å². The van der Waals surface area contributed by atoms with E-state index in [2.05, 4.69) is 4.98 Å². The second-order valence-corrected chi connectivity index (χ2v) is 4.65. The maximum atomic E-state index is 10.4. The monoisotopic (exact) mass is 231 g/mol. The summed E-state index contributed by atoms with van der Waals surface area (Å²) in [5.41, 5.74) is 0.258. The number of fused-ring (bicyclic) bond motifs is 1. The van der Waals surface area contributed by atoms with E-state index in [1.807, 2.05) is 38.1 Å². The molecule has 0 spiro atoms. The van der Waals surface area contributed by atoms with Crippen LogP contribution in [-0.4, -0.2) is 22.8 Å². The highest BCUT2D eigenvalue weighted by Gasteiger charge is 2.29. The van der Waals surface area contributed by atoms with Crippen molar-refractivity contribution >= 4 is 10.8 Å². The molecule has 1 unspecified atom stereocenters. The van der Waals surface area contributed by atoms with Crippen molar-refractivity contribution < 1.29 is 9.84 Å². The third-order valence-electron chi connectivity index (χ3n) is 3.19. The molecule has 17 heavy (non-hydrogen) atoms. The molecular formula is C14H17NO2. The Morgan fingerprint density at radius 1 is 1.29 bits per heavy atom. The zero-order valence-corrected chi connectivity index (χ0v) is 10.3. The third kappa shape index (κ3) is 2.16. The summed E-state index contributed by atoms with van der Waals surface area (Å²) < 4.78 is 5.34. The summed E-state index contributed by atoms with van der Waals surface area (Å²) in [5, 5.41) is 12.4. The van der Waals surface area contributed by atoms with Gasteiger partial charge in [0.05, 0.1) is 5.60 Å². The Balaban J connectivity index is 2.56. The topological polar surface area (TPSA) is 42.4 Å². The summed E-state index contributed by atoms with van der Waals surface area (Å²) >= 11 is 0. The van der Waals surface area contributed by atoms with Gasteiger partial charge >= 0.3 is 0 Å². The van der Waals surface area contributed by atoms with Crippen molar-refractivity contribution in [2.24, 2.45) is 0 Å². The van der Waals surface area contributed by atoms with Gasteiger partial charge in [-0.3, -0.25) is 4.98 Å². The smallest absolute Gasteiger partial charge is 0.108 e. The van der Waals surface area contributed by atoms with Crippen molar-refractivity contribution in [1.29, 1.82) is 0 Å². The van der Waals surface area contributed by atoms with Gasteiger partial charge in [0.1, 0.15) is 6.10 Å². The number of nitrogens with zero attached hydrogens (tertiary/aromatic N) is 1. The fourth-order valence-corrected chi connectivity index (χ4v) is 1.87. The largest absolute Gasteiger partial charge is 0.385 e. The van der Waals surface area contributed by atoms with Gasteiger partial charge in [0.25, 0.3) is 0 Å². The second-order valence-electron chi connectivity index (χ2n) is 4.65. The average molecular weight is 231 g/mol. The Morgan fingerprint density at radius 2 is 2.06 bits per heavy atom. The summed E-state index contributed by atoms with van der Waals surface area (Å²) in [5.74, 6) is 0. The first kappa shape index (κ1) is 12.0. The van der Waals surface area contributed by atoms with Crippen molar-refractivity contribution in [2.75, 3.05) is 7.11 Å². The zero-order valence-electron chi connectivity index (χ0n) is 10.3. The van der Waals surface area contributed by atoms with E-state index in [-0.39, 0.29) is 0 Å². The van der Waals surface area contributed by atoms with Crippen LogP contribution >= 0.6 is 0 Å². The standard InChI is InChI=1S/C14H17NO2/c1-14(2,17-3)13(16)12-6-4-5-10-9-15-8-7-11(10)12/h4-9,13,16H,1-3H3. The number of aromatic nitrogens is 1. The second kappa shape index (κ2) is 4.43. The van der Waals surface area contributed by atoms with E-state index in [1.54, 1.807) is 19.5 Å². The van der Waals surface area contributed by atoms with Gasteiger partial charge < -0.3 is 9.84 Å². The van der Waals surface area contributed by atoms with Crippen LogP contribution < -0.4 is 0 Å². The van der Waals surface area contributed by atoms with Gasteiger partial charge in [-0.15, -0.1) is 0 Å². The van der Waals surface area contributed by atoms with Crippen LogP contribution in [0.1, 0.15) is 25.5 Å². The van der Waals surface area contributed by atoms with E-state index in [0.717, 1.165) is 16.3 Å². The lowest BCUT2D eigenvalue weighted by Gasteiger charge is -2.30. The first-order valence-electron chi connectivity index (χ1n) is 5.62. The Bertz CT molecular complexity index is 517. The minimum Gasteiger partial charge on any atom is -0.385 e. The van der Waals surface area contributed by atoms with Gasteiger partial charge in [-0.2, -0.15) is 0 Å². The molecule has 1 N–H and O–H groups in total. The van der Waals surface area contributed by atoms with Crippen molar-refractivity contribution in [3.05, 3.63) is 42.2 Å². The summed E-state index contributed by atoms with van der Waals surface area (Å²) in [6.07, 6.45) is 2.86. The highest BCUT2D eigenvalue weighted by atomic mass is 16.5. The van der Waals surface area contributed by atoms with E-state index in [4.69, 9.17) is 4.74 Å². The quantitative estimate of drug-likeness (QED) is 0.883. The Labute approximate surface area is 101 Å². The Kier molecular flexibility index (Phi) is 3.13. The molecule has 1 aromatic heterocycles. The van der Waals surface area contributed by atoms with E-state index in [1.165, 1.54) is 0 Å². The molecule has 0 bridgehead atoms. The molecule has 0 fully saturated rings. The van der Waals surface area contributed by atoms with Crippen molar-refractivity contribution in [2.45, 2.75) is 25.6 Å². The lowest BCUT2D eigenvalue weighted by Crippen LogP contribution is -2.31. The average Bonchev–Trinajstić information content (AvgIpc) is 2.37. The van der Waals surface area contributed by atoms with E-state index in [9.17, 15) is 5.11 Å². The molecule has 1 atom stereocenters. The molecule has 2 aromatic rings. The SMILES string of the molecule is COC(C)(C)C(O)c1cccc2cnccc12. The summed E-state index contributed by atoms with van der Waals surface area (Å²) in [6, 6.07) is 7.75. The molecule has 3 nitrogen and oxygen atoms in total. The minimum absolute atomic E-state index is 0.614. The molecule has 1 aromatic carbocycles. The molecule has 0 saturated carbocycles. The number of pyridine rings is 1. The van der Waals surface area contributed by atoms with Gasteiger partial charge in [0.2, 0.25) is 0 Å². The van der Waals surface area contributed by atoms with Crippen molar-refractivity contribution in [3.8, 4) is 0 Å². The first-order valence-corrected chi connectivity index (χ1v) is 5.62. The van der Waals surface area contributed by atoms with Crippen molar-refractivity contribution in [1.82, 2.24) is 4.98 Å². The van der Waals surface area contributed by atoms with Gasteiger partial charge in [0.15, 0.2) is 0 Å². The lowest BCUT2D eigenvalue weighted by molar-refractivity contribution is -0.0787. The van der Waals surface area contributed by atoms with Crippen LogP contribution in [0.15, 0.2) is 36.7 Å². The summed E-state index contributed by atoms with van der Waals surface area (Å²) in [6.45, 7) is 3.75. The molecule has 0 amide bonds. The van der Waals surface area contributed by atoms with Crippen LogP contribution in [0, 0.1) is 0 Å². The fraction of sp³-hybridized carbons (Fsp3) is 0.357. The summed E-state index contributed by atoms with van der Waals surface area (Å²) in [4.78, 5) is 4.08. The number of benzene rings is 1. The van der Waals surface area contributed by atoms with E-state index < -0.39 is 11.7 Å². The van der Waals surface area contributed by atoms with Crippen LogP contribution in [-0.2, 0) is 4.74 Å². The summed E-state index contributed by atoms with van der Waals surface area (Å²) in [7, 11) is 1.61. The van der Waals surface area contributed by atoms with Crippen LogP contribution in [0.3, 0.4) is 0 Å². The molecule has 0 aliphatic carbocycles. The maximum absolute atomic E-state index is 10.4. The van der Waals surface area contributed by atoms with Gasteiger partial charge in [0, 0.05) is 24.9 Å². The number of hydrogen-bond acceptors (Lipinski definition) is 3. The molecule has 0 aliphatic heterocycles. The number of hydrogen-bond donors (Lipinski definition) is 1. The molecule has 0 aliphatic rings. The van der Waals surface area contributed by atoms with Crippen LogP contribution in [0.2, 0.25) is 0 Å². The predicted molar refractivity (Wildman–Crippen MR) is 67.8 cm³/mol. The zero-order chi connectivity index (χ0) is 12.5. The maximum Gasteiger partial charge on any atom is 0.108 e. The lowest BCUT2D eigenvalue weighted by atomic mass is 9.91. The molecule has 90 valence electrons. The van der Waals surface area contributed by atoms with Crippen LogP contribution in [0.5, 0.6) is 0 Å². The highest BCUT2D eigenvalue weighted by Crippen LogP contribution is 2.32. The predicted octanol–water partition coefficient (Wildman–Crippen LogP) is 2.69. The van der Waals surface area contributed by atoms with Crippen molar-refractivity contribution in [3.63, 3.8) is 0 Å². The molecule has 0 saturated heterocycles. The number of aliphatic hydroxyl groups is 1. The molecule has 1 heterocycles. The van der Waals surface area contributed by atoms with Gasteiger partial charge in [-0.1, -0.05) is 18.2 Å². The number of ether oxygens (including phenoxy) is 1. The van der Waals surface area contributed by atoms with E-state index in [0.29, 0.717) is 0 Å². The van der Waals surface area contributed by atoms with Crippen LogP contribution in [0.25, 0.3) is 10.8 Å². The molecular weight excluding hydrogens is 214 g/mol. The minimum atomic E-state index is -0.668. The Morgan fingerprint density at radius 3 is 2.76 bits per heavy atom. The number of aliphatic hydroxyl groups excluding tert-OH is 1. The number of methoxy groups -OCH3 is 1. The first-order chi connectivity index (χ1) is 8.06. The molecule has 2 rings (SSSR count). The normalized spacial score (nSPS) is 13.9. The molecule has 0 radical (unpaired) electrons. The number of rotatable bonds is 3. The van der Waals surface area contributed by atoms with Gasteiger partial charge in [-0.25, -0.2) is 0 Å². The van der Waals surface area contributed by atoms with Gasteiger partial charge in [-0.05, 0) is 30.9 Å². The fourth-order valence-electron chi connectivity index (χ4n) is 1.87.